The zero-order valence-corrected chi connectivity index (χ0v) is 16.1. The van der Waals surface area contributed by atoms with Crippen molar-refractivity contribution in [2.24, 2.45) is 5.92 Å². The second kappa shape index (κ2) is 16.3. The summed E-state index contributed by atoms with van der Waals surface area (Å²) in [4.78, 5) is 0. The maximum absolute atomic E-state index is 2.73. The summed E-state index contributed by atoms with van der Waals surface area (Å²) in [6.45, 7) is 0. The molecule has 1 heterocycles. The van der Waals surface area contributed by atoms with Crippen LogP contribution in [-0.4, -0.2) is 28.2 Å². The third-order valence-corrected chi connectivity index (χ3v) is 5.22. The zero-order valence-electron chi connectivity index (χ0n) is 15.3. The molecule has 0 aromatic rings. The lowest BCUT2D eigenvalue weighted by atomic mass is 9.54. The van der Waals surface area contributed by atoms with Gasteiger partial charge in [-0.1, -0.05) is 102 Å². The van der Waals surface area contributed by atoms with Crippen molar-refractivity contribution in [3.63, 3.8) is 0 Å². The number of hydrogen-bond acceptors (Lipinski definition) is 1. The van der Waals surface area contributed by atoms with Gasteiger partial charge in [0.05, 0.1) is 0 Å². The molecule has 2 rings (SSSR count). The monoisotopic (exact) mass is 320 g/mol. The minimum Gasteiger partial charge on any atom is -0.169 e. The van der Waals surface area contributed by atoms with E-state index in [0.29, 0.717) is 0 Å². The molecule has 0 amide bonds. The molecule has 2 aliphatic rings. The molecule has 1 saturated heterocycles. The molecule has 22 heavy (non-hydrogen) atoms. The second-order valence-corrected chi connectivity index (χ2v) is 7.93. The summed E-state index contributed by atoms with van der Waals surface area (Å²) in [5, 5.41) is 0. The van der Waals surface area contributed by atoms with Gasteiger partial charge in [0.25, 0.3) is 0 Å². The van der Waals surface area contributed by atoms with Crippen LogP contribution in [0.15, 0.2) is 0 Å². The molecule has 126 valence electrons. The van der Waals surface area contributed by atoms with Crippen LogP contribution in [0.25, 0.3) is 0 Å². The van der Waals surface area contributed by atoms with E-state index < -0.39 is 0 Å². The minimum absolute atomic E-state index is 0. The third kappa shape index (κ3) is 11.1. The first-order valence-electron chi connectivity index (χ1n) is 9.62. The molecule has 0 aromatic carbocycles. The van der Waals surface area contributed by atoms with Gasteiger partial charge in [-0.2, -0.15) is 11.8 Å². The van der Waals surface area contributed by atoms with E-state index >= 15 is 0 Å². The van der Waals surface area contributed by atoms with E-state index in [0.717, 1.165) is 11.7 Å². The van der Waals surface area contributed by atoms with Gasteiger partial charge in [-0.3, -0.25) is 0 Å². The number of rotatable bonds is 1. The Morgan fingerprint density at radius 3 is 1.59 bits per heavy atom. The van der Waals surface area contributed by atoms with Crippen LogP contribution in [0, 0.1) is 5.92 Å². The second-order valence-electron chi connectivity index (χ2n) is 7.11. The number of thioether (sulfide) groups is 1. The SMILES string of the molecule is CSC.[B].[B]1CCCCCCCC1C1CCCCCCCC1. The van der Waals surface area contributed by atoms with E-state index in [1.165, 1.54) is 96.2 Å². The van der Waals surface area contributed by atoms with Crippen LogP contribution in [0.5, 0.6) is 0 Å². The quantitative estimate of drug-likeness (QED) is 0.490. The molecule has 1 unspecified atom stereocenters. The zero-order chi connectivity index (χ0) is 15.2. The Kier molecular flexibility index (Phi) is 16.7. The third-order valence-electron chi connectivity index (χ3n) is 5.22. The molecule has 0 aromatic heterocycles. The maximum atomic E-state index is 2.73. The lowest BCUT2D eigenvalue weighted by Gasteiger charge is -2.26. The van der Waals surface area contributed by atoms with Crippen molar-refractivity contribution < 1.29 is 0 Å². The molecule has 0 nitrogen and oxygen atoms in total. The lowest BCUT2D eigenvalue weighted by Crippen LogP contribution is -2.15. The normalized spacial score (nSPS) is 25.3. The fraction of sp³-hybridized carbons (Fsp3) is 1.00. The Balaban J connectivity index is 0.00000102. The molecule has 4 radical (unpaired) electrons. The number of hydrogen-bond donors (Lipinski definition) is 0. The van der Waals surface area contributed by atoms with Crippen molar-refractivity contribution in [2.75, 3.05) is 12.5 Å². The fourth-order valence-corrected chi connectivity index (χ4v) is 4.03. The average Bonchev–Trinajstić information content (AvgIpc) is 2.70. The molecule has 2 fully saturated rings. The molecule has 1 aliphatic heterocycles. The summed E-state index contributed by atoms with van der Waals surface area (Å²) in [6, 6.07) is 0. The molecule has 1 saturated carbocycles. The molecule has 0 spiro atoms. The van der Waals surface area contributed by atoms with Crippen LogP contribution >= 0.6 is 11.8 Å². The van der Waals surface area contributed by atoms with Crippen molar-refractivity contribution in [3.05, 3.63) is 0 Å². The van der Waals surface area contributed by atoms with Gasteiger partial charge in [0.15, 0.2) is 0 Å². The Labute approximate surface area is 148 Å². The van der Waals surface area contributed by atoms with E-state index in [4.69, 9.17) is 0 Å². The Hall–Kier alpha value is 0.480. The summed E-state index contributed by atoms with van der Waals surface area (Å²) < 4.78 is 0. The van der Waals surface area contributed by atoms with Crippen LogP contribution in [0.3, 0.4) is 0 Å². The predicted octanol–water partition coefficient (Wildman–Crippen LogP) is 6.60. The minimum atomic E-state index is 0. The molecule has 0 N–H and O–H groups in total. The van der Waals surface area contributed by atoms with Gasteiger partial charge >= 0.3 is 0 Å². The van der Waals surface area contributed by atoms with Gasteiger partial charge < -0.3 is 0 Å². The highest BCUT2D eigenvalue weighted by molar-refractivity contribution is 7.97. The van der Waals surface area contributed by atoms with Crippen LogP contribution in [0.4, 0.5) is 0 Å². The van der Waals surface area contributed by atoms with Crippen LogP contribution in [0.2, 0.25) is 12.1 Å². The first-order valence-corrected chi connectivity index (χ1v) is 11.2. The lowest BCUT2D eigenvalue weighted by molar-refractivity contribution is 0.381. The summed E-state index contributed by atoms with van der Waals surface area (Å²) in [5.74, 6) is 2.02. The van der Waals surface area contributed by atoms with Crippen molar-refractivity contribution in [1.29, 1.82) is 0 Å². The van der Waals surface area contributed by atoms with Gasteiger partial charge in [0.1, 0.15) is 7.28 Å². The van der Waals surface area contributed by atoms with Gasteiger partial charge in [-0.25, -0.2) is 0 Å². The Morgan fingerprint density at radius 2 is 1.05 bits per heavy atom. The summed E-state index contributed by atoms with van der Waals surface area (Å²) in [5.41, 5.74) is 0. The molecule has 1 aliphatic carbocycles. The van der Waals surface area contributed by atoms with Crippen LogP contribution in [-0.2, 0) is 0 Å². The van der Waals surface area contributed by atoms with Crippen molar-refractivity contribution in [1.82, 2.24) is 0 Å². The van der Waals surface area contributed by atoms with Gasteiger partial charge in [-0.15, -0.1) is 0 Å². The highest BCUT2D eigenvalue weighted by Gasteiger charge is 2.22. The highest BCUT2D eigenvalue weighted by atomic mass is 32.2. The van der Waals surface area contributed by atoms with E-state index in [1.54, 1.807) is 11.8 Å². The van der Waals surface area contributed by atoms with E-state index in [1.807, 2.05) is 12.5 Å². The smallest absolute Gasteiger partial charge is 0.113 e. The standard InChI is InChI=1S/C17H32B.C2H6S.B/c1-2-5-9-13-16(12-8-4-1)17-14-10-6-3-7-11-15-18-17;1-3-2;/h16-17H,1-15H2;1-2H3;. The van der Waals surface area contributed by atoms with Crippen molar-refractivity contribution in [3.8, 4) is 0 Å². The maximum Gasteiger partial charge on any atom is 0.113 e. The Morgan fingerprint density at radius 1 is 0.636 bits per heavy atom. The van der Waals surface area contributed by atoms with Crippen molar-refractivity contribution >= 4 is 27.5 Å². The van der Waals surface area contributed by atoms with Crippen molar-refractivity contribution in [2.45, 2.75) is 102 Å². The topological polar surface area (TPSA) is 0 Å². The van der Waals surface area contributed by atoms with Gasteiger partial charge in [0.2, 0.25) is 0 Å². The van der Waals surface area contributed by atoms with Gasteiger partial charge in [0, 0.05) is 8.41 Å². The van der Waals surface area contributed by atoms with E-state index in [9.17, 15) is 0 Å². The molecule has 3 heteroatoms. The van der Waals surface area contributed by atoms with Crippen LogP contribution < -0.4 is 0 Å². The summed E-state index contributed by atoms with van der Waals surface area (Å²) >= 11 is 1.75. The Bertz CT molecular complexity index is 181. The average molecular weight is 320 g/mol. The molecular weight excluding hydrogens is 282 g/mol. The van der Waals surface area contributed by atoms with Gasteiger partial charge in [-0.05, 0) is 18.4 Å². The first kappa shape index (κ1) is 22.5. The largest absolute Gasteiger partial charge is 0.169 e. The summed E-state index contributed by atoms with van der Waals surface area (Å²) in [7, 11) is 2.73. The van der Waals surface area contributed by atoms with Crippen LogP contribution in [0.1, 0.15) is 89.9 Å². The molecule has 0 bridgehead atoms. The molecular formula is C19H38B2S. The fourth-order valence-electron chi connectivity index (χ4n) is 4.03. The highest BCUT2D eigenvalue weighted by Crippen LogP contribution is 2.36. The molecule has 1 atom stereocenters. The first-order chi connectivity index (χ1) is 10.4. The summed E-state index contributed by atoms with van der Waals surface area (Å²) in [6.07, 6.45) is 26.5. The van der Waals surface area contributed by atoms with E-state index in [2.05, 4.69) is 7.28 Å². The predicted molar refractivity (Wildman–Crippen MR) is 108 cm³/mol. The van der Waals surface area contributed by atoms with E-state index in [-0.39, 0.29) is 8.41 Å².